The molecule has 0 atom stereocenters. The van der Waals surface area contributed by atoms with E-state index in [-0.39, 0.29) is 5.91 Å². The van der Waals surface area contributed by atoms with Crippen LogP contribution in [-0.2, 0) is 0 Å². The number of benzene rings is 2. The maximum Gasteiger partial charge on any atom is 0.255 e. The zero-order valence-electron chi connectivity index (χ0n) is 9.71. The molecule has 0 aliphatic carbocycles. The van der Waals surface area contributed by atoms with Crippen LogP contribution in [0.5, 0.6) is 0 Å². The molecule has 0 unspecified atom stereocenters. The Morgan fingerprint density at radius 3 is 2.33 bits per heavy atom. The molecule has 0 saturated heterocycles. The summed E-state index contributed by atoms with van der Waals surface area (Å²) in [4.78, 5) is 12.0. The van der Waals surface area contributed by atoms with Crippen molar-refractivity contribution >= 4 is 34.8 Å². The second kappa shape index (κ2) is 5.42. The number of hydrogen-bond acceptors (Lipinski definition) is 1. The van der Waals surface area contributed by atoms with E-state index in [0.29, 0.717) is 21.3 Å². The molecule has 0 saturated carbocycles. The van der Waals surface area contributed by atoms with Crippen LogP contribution in [0, 0.1) is 6.92 Å². The minimum atomic E-state index is -0.183. The van der Waals surface area contributed by atoms with Crippen LogP contribution in [0.4, 0.5) is 5.69 Å². The topological polar surface area (TPSA) is 29.1 Å². The second-order valence-electron chi connectivity index (χ2n) is 3.98. The highest BCUT2D eigenvalue weighted by Crippen LogP contribution is 2.22. The Morgan fingerprint density at radius 1 is 1.06 bits per heavy atom. The Bertz CT molecular complexity index is 576. The third-order valence-electron chi connectivity index (χ3n) is 2.40. The number of anilines is 1. The summed E-state index contributed by atoms with van der Waals surface area (Å²) in [6, 6.07) is 12.3. The summed E-state index contributed by atoms with van der Waals surface area (Å²) in [5.74, 6) is -0.183. The minimum Gasteiger partial charge on any atom is -0.322 e. The average Bonchev–Trinajstić information content (AvgIpc) is 2.27. The quantitative estimate of drug-likeness (QED) is 0.858. The molecular formula is C14H11Cl2NO. The molecule has 1 amide bonds. The van der Waals surface area contributed by atoms with Crippen LogP contribution >= 0.6 is 23.2 Å². The molecular weight excluding hydrogens is 269 g/mol. The number of nitrogens with one attached hydrogen (secondary N) is 1. The molecule has 4 heteroatoms. The van der Waals surface area contributed by atoms with Crippen molar-refractivity contribution in [1.29, 1.82) is 0 Å². The molecule has 0 aliphatic heterocycles. The van der Waals surface area contributed by atoms with Gasteiger partial charge in [-0.15, -0.1) is 0 Å². The van der Waals surface area contributed by atoms with Crippen LogP contribution < -0.4 is 5.32 Å². The summed E-state index contributed by atoms with van der Waals surface area (Å²) in [7, 11) is 0. The lowest BCUT2D eigenvalue weighted by Crippen LogP contribution is -2.11. The molecule has 2 rings (SSSR count). The highest BCUT2D eigenvalue weighted by molar-refractivity contribution is 6.35. The van der Waals surface area contributed by atoms with E-state index in [9.17, 15) is 4.79 Å². The smallest absolute Gasteiger partial charge is 0.255 e. The van der Waals surface area contributed by atoms with Gasteiger partial charge in [-0.3, -0.25) is 4.79 Å². The van der Waals surface area contributed by atoms with Gasteiger partial charge in [-0.2, -0.15) is 0 Å². The molecule has 2 aromatic carbocycles. The van der Waals surface area contributed by atoms with Crippen molar-refractivity contribution in [3.8, 4) is 0 Å². The summed E-state index contributed by atoms with van der Waals surface area (Å²) in [5.41, 5.74) is 2.22. The molecule has 0 heterocycles. The van der Waals surface area contributed by atoms with Crippen molar-refractivity contribution in [1.82, 2.24) is 0 Å². The van der Waals surface area contributed by atoms with Crippen molar-refractivity contribution in [2.45, 2.75) is 6.92 Å². The Balaban J connectivity index is 2.21. The van der Waals surface area contributed by atoms with Crippen molar-refractivity contribution in [3.05, 3.63) is 63.6 Å². The molecule has 18 heavy (non-hydrogen) atoms. The maximum atomic E-state index is 12.0. The lowest BCUT2D eigenvalue weighted by Gasteiger charge is -2.07. The molecule has 0 aromatic heterocycles. The predicted molar refractivity (Wildman–Crippen MR) is 75.6 cm³/mol. The number of carbonyl (C=O) groups excluding carboxylic acids is 1. The molecule has 2 aromatic rings. The molecule has 2 nitrogen and oxygen atoms in total. The lowest BCUT2D eigenvalue weighted by molar-refractivity contribution is 0.102. The number of rotatable bonds is 2. The van der Waals surface area contributed by atoms with E-state index in [2.05, 4.69) is 5.32 Å². The first kappa shape index (κ1) is 12.9. The van der Waals surface area contributed by atoms with Crippen LogP contribution in [0.2, 0.25) is 10.0 Å². The molecule has 0 bridgehead atoms. The van der Waals surface area contributed by atoms with Crippen LogP contribution in [0.15, 0.2) is 42.5 Å². The van der Waals surface area contributed by atoms with Gasteiger partial charge in [0.25, 0.3) is 5.91 Å². The lowest BCUT2D eigenvalue weighted by atomic mass is 10.1. The zero-order chi connectivity index (χ0) is 13.1. The minimum absolute atomic E-state index is 0.183. The van der Waals surface area contributed by atoms with Crippen LogP contribution in [0.3, 0.4) is 0 Å². The van der Waals surface area contributed by atoms with Crippen LogP contribution in [0.1, 0.15) is 15.9 Å². The number of hydrogen-bond donors (Lipinski definition) is 1. The van der Waals surface area contributed by atoms with Gasteiger partial charge in [0.05, 0.1) is 0 Å². The first-order valence-electron chi connectivity index (χ1n) is 5.39. The van der Waals surface area contributed by atoms with Gasteiger partial charge in [-0.1, -0.05) is 40.9 Å². The van der Waals surface area contributed by atoms with Gasteiger partial charge >= 0.3 is 0 Å². The van der Waals surface area contributed by atoms with Crippen LogP contribution in [0.25, 0.3) is 0 Å². The van der Waals surface area contributed by atoms with E-state index in [4.69, 9.17) is 23.2 Å². The van der Waals surface area contributed by atoms with Crippen molar-refractivity contribution in [3.63, 3.8) is 0 Å². The van der Waals surface area contributed by atoms with E-state index >= 15 is 0 Å². The number of halogens is 2. The highest BCUT2D eigenvalue weighted by atomic mass is 35.5. The van der Waals surface area contributed by atoms with E-state index in [1.807, 2.05) is 25.1 Å². The normalized spacial score (nSPS) is 10.2. The molecule has 0 fully saturated rings. The van der Waals surface area contributed by atoms with Gasteiger partial charge in [-0.25, -0.2) is 0 Å². The first-order chi connectivity index (χ1) is 8.54. The average molecular weight is 280 g/mol. The third kappa shape index (κ3) is 3.25. The molecule has 0 radical (unpaired) electrons. The fourth-order valence-electron chi connectivity index (χ4n) is 1.62. The Hall–Kier alpha value is -1.51. The molecule has 92 valence electrons. The zero-order valence-corrected chi connectivity index (χ0v) is 11.2. The largest absolute Gasteiger partial charge is 0.322 e. The second-order valence-corrected chi connectivity index (χ2v) is 4.85. The summed E-state index contributed by atoms with van der Waals surface area (Å²) in [5, 5.41) is 3.74. The molecule has 0 aliphatic rings. The Kier molecular flexibility index (Phi) is 3.90. The SMILES string of the molecule is Cc1cccc(C(=O)Nc2cc(Cl)cc(Cl)c2)c1. The molecule has 1 N–H and O–H groups in total. The van der Waals surface area contributed by atoms with E-state index < -0.39 is 0 Å². The van der Waals surface area contributed by atoms with Gasteiger partial charge < -0.3 is 5.32 Å². The number of carbonyl (C=O) groups is 1. The summed E-state index contributed by atoms with van der Waals surface area (Å²) >= 11 is 11.7. The van der Waals surface area contributed by atoms with Gasteiger partial charge in [0.1, 0.15) is 0 Å². The van der Waals surface area contributed by atoms with Gasteiger partial charge in [0.2, 0.25) is 0 Å². The number of aryl methyl sites for hydroxylation is 1. The van der Waals surface area contributed by atoms with Crippen molar-refractivity contribution < 1.29 is 4.79 Å². The summed E-state index contributed by atoms with van der Waals surface area (Å²) in [6.07, 6.45) is 0. The van der Waals surface area contributed by atoms with Gasteiger partial charge in [0.15, 0.2) is 0 Å². The monoisotopic (exact) mass is 279 g/mol. The third-order valence-corrected chi connectivity index (χ3v) is 2.84. The van der Waals surface area contributed by atoms with E-state index in [1.54, 1.807) is 24.3 Å². The highest BCUT2D eigenvalue weighted by Gasteiger charge is 2.07. The van der Waals surface area contributed by atoms with Gasteiger partial charge in [0, 0.05) is 21.3 Å². The van der Waals surface area contributed by atoms with E-state index in [0.717, 1.165) is 5.56 Å². The summed E-state index contributed by atoms with van der Waals surface area (Å²) in [6.45, 7) is 1.94. The first-order valence-corrected chi connectivity index (χ1v) is 6.14. The Labute approximate surface area is 116 Å². The number of amides is 1. The van der Waals surface area contributed by atoms with Crippen molar-refractivity contribution in [2.24, 2.45) is 0 Å². The maximum absolute atomic E-state index is 12.0. The van der Waals surface area contributed by atoms with Crippen molar-refractivity contribution in [2.75, 3.05) is 5.32 Å². The predicted octanol–water partition coefficient (Wildman–Crippen LogP) is 4.55. The Morgan fingerprint density at radius 2 is 1.72 bits per heavy atom. The van der Waals surface area contributed by atoms with E-state index in [1.165, 1.54) is 0 Å². The van der Waals surface area contributed by atoms with Crippen LogP contribution in [-0.4, -0.2) is 5.91 Å². The summed E-state index contributed by atoms with van der Waals surface area (Å²) < 4.78 is 0. The molecule has 0 spiro atoms. The fourth-order valence-corrected chi connectivity index (χ4v) is 2.14. The van der Waals surface area contributed by atoms with Gasteiger partial charge in [-0.05, 0) is 37.3 Å². The standard InChI is InChI=1S/C14H11Cl2NO/c1-9-3-2-4-10(5-9)14(18)17-13-7-11(15)6-12(16)8-13/h2-8H,1H3,(H,17,18). The fraction of sp³-hybridized carbons (Fsp3) is 0.0714.